The van der Waals surface area contributed by atoms with Gasteiger partial charge in [0.15, 0.2) is 11.1 Å². The smallest absolute Gasteiger partial charge is 0.240 e. The molecule has 1 atom stereocenters. The molecule has 2 aromatic carbocycles. The Hall–Kier alpha value is -2.22. The van der Waals surface area contributed by atoms with E-state index in [1.165, 1.54) is 4.90 Å². The number of fused-ring (bicyclic) bond motifs is 1. The number of carbonyl (C=O) groups excluding carboxylic acids is 2. The van der Waals surface area contributed by atoms with Gasteiger partial charge in [0.05, 0.1) is 12.2 Å². The maximum absolute atomic E-state index is 12.2. The van der Waals surface area contributed by atoms with E-state index in [0.717, 1.165) is 22.4 Å². The standard InChI is InChI=1S/C18H17ClN2O4S/c19-15-5-6-16-14(7-15)8-18(23)21(16)10-17(22)20-9-12-1-3-13(4-2-12)11-26(24)25/h1-7H,8-11H2,(H,20,22)(H,24,25). The fraction of sp³-hybridized carbons (Fsp3) is 0.222. The molecule has 136 valence electrons. The summed E-state index contributed by atoms with van der Waals surface area (Å²) < 4.78 is 19.6. The van der Waals surface area contributed by atoms with Crippen LogP contribution in [-0.2, 0) is 39.4 Å². The van der Waals surface area contributed by atoms with Crippen LogP contribution < -0.4 is 10.2 Å². The summed E-state index contributed by atoms with van der Waals surface area (Å²) in [5.41, 5.74) is 3.16. The zero-order valence-corrected chi connectivity index (χ0v) is 15.3. The summed E-state index contributed by atoms with van der Waals surface area (Å²) in [4.78, 5) is 25.8. The number of anilines is 1. The second-order valence-corrected chi connectivity index (χ2v) is 7.36. The van der Waals surface area contributed by atoms with Crippen molar-refractivity contribution in [3.8, 4) is 0 Å². The predicted molar refractivity (Wildman–Crippen MR) is 100 cm³/mol. The lowest BCUT2D eigenvalue weighted by molar-refractivity contribution is -0.123. The lowest BCUT2D eigenvalue weighted by Gasteiger charge is -2.17. The third-order valence-electron chi connectivity index (χ3n) is 4.08. The number of nitrogens with zero attached hydrogens (tertiary/aromatic N) is 1. The first-order valence-electron chi connectivity index (χ1n) is 7.93. The molecule has 3 rings (SSSR count). The van der Waals surface area contributed by atoms with Crippen molar-refractivity contribution < 1.29 is 18.4 Å². The van der Waals surface area contributed by atoms with Crippen molar-refractivity contribution >= 4 is 40.2 Å². The summed E-state index contributed by atoms with van der Waals surface area (Å²) in [6, 6.07) is 12.3. The third-order valence-corrected chi connectivity index (χ3v) is 4.89. The molecule has 0 radical (unpaired) electrons. The fourth-order valence-corrected chi connectivity index (χ4v) is 3.49. The first-order chi connectivity index (χ1) is 12.4. The van der Waals surface area contributed by atoms with Crippen molar-refractivity contribution in [1.82, 2.24) is 5.32 Å². The second-order valence-electron chi connectivity index (χ2n) is 5.99. The van der Waals surface area contributed by atoms with Crippen LogP contribution in [0.25, 0.3) is 0 Å². The van der Waals surface area contributed by atoms with Gasteiger partial charge in [0.2, 0.25) is 11.8 Å². The minimum absolute atomic E-state index is 0.0466. The second kappa shape index (κ2) is 7.99. The molecule has 1 aliphatic rings. The Bertz CT molecular complexity index is 870. The summed E-state index contributed by atoms with van der Waals surface area (Å²) in [5.74, 6) is -0.312. The molecule has 2 N–H and O–H groups in total. The number of hydrogen-bond donors (Lipinski definition) is 2. The number of halogens is 1. The Morgan fingerprint density at radius 2 is 1.88 bits per heavy atom. The van der Waals surface area contributed by atoms with Crippen LogP contribution in [0.1, 0.15) is 16.7 Å². The fourth-order valence-electron chi connectivity index (χ4n) is 2.82. The van der Waals surface area contributed by atoms with Crippen molar-refractivity contribution in [2.45, 2.75) is 18.7 Å². The Kier molecular flexibility index (Phi) is 5.70. The molecule has 2 aromatic rings. The molecule has 6 nitrogen and oxygen atoms in total. The molecule has 2 amide bonds. The summed E-state index contributed by atoms with van der Waals surface area (Å²) in [6.07, 6.45) is 0.247. The van der Waals surface area contributed by atoms with Crippen LogP contribution in [-0.4, -0.2) is 27.1 Å². The Morgan fingerprint density at radius 3 is 2.58 bits per heavy atom. The molecule has 0 saturated carbocycles. The van der Waals surface area contributed by atoms with E-state index in [4.69, 9.17) is 16.2 Å². The van der Waals surface area contributed by atoms with Crippen LogP contribution in [0.2, 0.25) is 5.02 Å². The number of hydrogen-bond acceptors (Lipinski definition) is 3. The van der Waals surface area contributed by atoms with Gasteiger partial charge in [0.25, 0.3) is 0 Å². The van der Waals surface area contributed by atoms with Crippen LogP contribution in [0, 0.1) is 0 Å². The number of nitrogens with one attached hydrogen (secondary N) is 1. The highest BCUT2D eigenvalue weighted by Crippen LogP contribution is 2.30. The SMILES string of the molecule is O=C(CN1C(=O)Cc2cc(Cl)ccc21)NCc1ccc(CS(=O)O)cc1. The van der Waals surface area contributed by atoms with Gasteiger partial charge in [0.1, 0.15) is 6.54 Å². The topological polar surface area (TPSA) is 86.7 Å². The van der Waals surface area contributed by atoms with Crippen molar-refractivity contribution in [2.24, 2.45) is 0 Å². The average Bonchev–Trinajstić information content (AvgIpc) is 2.88. The molecule has 0 aromatic heterocycles. The summed E-state index contributed by atoms with van der Waals surface area (Å²) in [6.45, 7) is 0.270. The summed E-state index contributed by atoms with van der Waals surface area (Å²) in [5, 5.41) is 3.35. The van der Waals surface area contributed by atoms with Gasteiger partial charge in [-0.2, -0.15) is 0 Å². The highest BCUT2D eigenvalue weighted by atomic mass is 35.5. The van der Waals surface area contributed by atoms with Crippen molar-refractivity contribution in [2.75, 3.05) is 11.4 Å². The van der Waals surface area contributed by atoms with Crippen molar-refractivity contribution in [1.29, 1.82) is 0 Å². The molecule has 1 unspecified atom stereocenters. The van der Waals surface area contributed by atoms with Gasteiger partial charge in [-0.15, -0.1) is 0 Å². The van der Waals surface area contributed by atoms with Gasteiger partial charge in [-0.3, -0.25) is 9.59 Å². The van der Waals surface area contributed by atoms with Gasteiger partial charge >= 0.3 is 0 Å². The van der Waals surface area contributed by atoms with E-state index < -0.39 is 11.1 Å². The highest BCUT2D eigenvalue weighted by Gasteiger charge is 2.28. The van der Waals surface area contributed by atoms with Gasteiger partial charge in [-0.25, -0.2) is 4.21 Å². The predicted octanol–water partition coefficient (Wildman–Crippen LogP) is 2.27. The molecule has 0 aliphatic carbocycles. The first-order valence-corrected chi connectivity index (χ1v) is 9.58. The van der Waals surface area contributed by atoms with E-state index in [0.29, 0.717) is 11.6 Å². The maximum Gasteiger partial charge on any atom is 0.240 e. The highest BCUT2D eigenvalue weighted by molar-refractivity contribution is 7.78. The maximum atomic E-state index is 12.2. The average molecular weight is 393 g/mol. The van der Waals surface area contributed by atoms with E-state index in [9.17, 15) is 13.8 Å². The molecule has 8 heteroatoms. The summed E-state index contributed by atoms with van der Waals surface area (Å²) in [7, 11) is 0. The number of carbonyl (C=O) groups is 2. The molecular formula is C18H17ClN2O4S. The molecular weight excluding hydrogens is 376 g/mol. The van der Waals surface area contributed by atoms with Gasteiger partial charge < -0.3 is 14.8 Å². The zero-order valence-electron chi connectivity index (χ0n) is 13.8. The molecule has 0 fully saturated rings. The third kappa shape index (κ3) is 4.49. The molecule has 0 bridgehead atoms. The van der Waals surface area contributed by atoms with Gasteiger partial charge in [-0.1, -0.05) is 35.9 Å². The van der Waals surface area contributed by atoms with Crippen LogP contribution in [0.3, 0.4) is 0 Å². The van der Waals surface area contributed by atoms with Crippen LogP contribution in [0.5, 0.6) is 0 Å². The van der Waals surface area contributed by atoms with E-state index >= 15 is 0 Å². The van der Waals surface area contributed by atoms with Crippen molar-refractivity contribution in [3.63, 3.8) is 0 Å². The Labute approximate surface area is 158 Å². The minimum Gasteiger partial charge on any atom is -0.350 e. The van der Waals surface area contributed by atoms with Crippen LogP contribution >= 0.6 is 11.6 Å². The molecule has 1 heterocycles. The summed E-state index contributed by atoms with van der Waals surface area (Å²) >= 11 is 4.07. The molecule has 0 spiro atoms. The quantitative estimate of drug-likeness (QED) is 0.738. The Balaban J connectivity index is 1.56. The number of amides is 2. The van der Waals surface area contributed by atoms with Gasteiger partial charge in [0, 0.05) is 17.3 Å². The zero-order chi connectivity index (χ0) is 18.7. The molecule has 0 saturated heterocycles. The van der Waals surface area contributed by atoms with Gasteiger partial charge in [-0.05, 0) is 34.9 Å². The largest absolute Gasteiger partial charge is 0.350 e. The normalized spacial score (nSPS) is 14.2. The number of benzene rings is 2. The van der Waals surface area contributed by atoms with Crippen LogP contribution in [0.15, 0.2) is 42.5 Å². The number of rotatable bonds is 6. The molecule has 1 aliphatic heterocycles. The van der Waals surface area contributed by atoms with Crippen LogP contribution in [0.4, 0.5) is 5.69 Å². The van der Waals surface area contributed by atoms with Crippen molar-refractivity contribution in [3.05, 3.63) is 64.2 Å². The Morgan fingerprint density at radius 1 is 1.19 bits per heavy atom. The van der Waals surface area contributed by atoms with E-state index in [1.54, 1.807) is 42.5 Å². The van der Waals surface area contributed by atoms with E-state index in [-0.39, 0.29) is 30.5 Å². The van der Waals surface area contributed by atoms with E-state index in [1.807, 2.05) is 0 Å². The monoisotopic (exact) mass is 392 g/mol. The van der Waals surface area contributed by atoms with E-state index in [2.05, 4.69) is 5.32 Å². The lowest BCUT2D eigenvalue weighted by Crippen LogP contribution is -2.38. The minimum atomic E-state index is -1.88. The lowest BCUT2D eigenvalue weighted by atomic mass is 10.1. The first kappa shape index (κ1) is 18.6. The molecule has 26 heavy (non-hydrogen) atoms.